The number of nitrogens with one attached hydrogen (secondary N) is 1. The fraction of sp³-hybridized carbons (Fsp3) is 0.176. The Kier molecular flexibility index (Phi) is 5.27. The summed E-state index contributed by atoms with van der Waals surface area (Å²) >= 11 is 6.00. The van der Waals surface area contributed by atoms with Crippen LogP contribution in [0.25, 0.3) is 0 Å². The minimum Gasteiger partial charge on any atom is -0.279 e. The third-order valence-corrected chi connectivity index (χ3v) is 4.83. The van der Waals surface area contributed by atoms with Crippen molar-refractivity contribution in [3.8, 4) is 0 Å². The fourth-order valence-corrected chi connectivity index (χ4v) is 3.29. The Bertz CT molecular complexity index is 781. The molecule has 0 spiro atoms. The van der Waals surface area contributed by atoms with Crippen LogP contribution < -0.4 is 4.72 Å². The summed E-state index contributed by atoms with van der Waals surface area (Å²) in [4.78, 5) is 0.241. The maximum absolute atomic E-state index is 12.5. The van der Waals surface area contributed by atoms with Crippen LogP contribution in [0.3, 0.4) is 0 Å². The highest BCUT2D eigenvalue weighted by Gasteiger charge is 2.15. The molecule has 0 aromatic heterocycles. The molecule has 0 aliphatic carbocycles. The van der Waals surface area contributed by atoms with E-state index in [0.29, 0.717) is 17.1 Å². The maximum atomic E-state index is 12.5. The van der Waals surface area contributed by atoms with E-state index in [1.54, 1.807) is 42.5 Å². The van der Waals surface area contributed by atoms with Gasteiger partial charge < -0.3 is 0 Å². The van der Waals surface area contributed by atoms with E-state index in [0.717, 1.165) is 11.1 Å². The molecule has 3 nitrogen and oxygen atoms in total. The van der Waals surface area contributed by atoms with Gasteiger partial charge in [0.25, 0.3) is 10.0 Å². The van der Waals surface area contributed by atoms with Crippen LogP contribution in [0.5, 0.6) is 0 Å². The number of hydrogen-bond acceptors (Lipinski definition) is 2. The number of aryl methyl sites for hydroxylation is 1. The highest BCUT2D eigenvalue weighted by molar-refractivity contribution is 7.92. The number of sulfonamides is 1. The van der Waals surface area contributed by atoms with Gasteiger partial charge in [-0.15, -0.1) is 0 Å². The predicted octanol–water partition coefficient (Wildman–Crippen LogP) is 4.57. The Morgan fingerprint density at radius 2 is 1.82 bits per heavy atom. The van der Waals surface area contributed by atoms with E-state index in [4.69, 9.17) is 11.6 Å². The van der Waals surface area contributed by atoms with Crippen molar-refractivity contribution in [2.45, 2.75) is 25.2 Å². The second-order valence-electron chi connectivity index (χ2n) is 4.99. The molecular weight excluding hydrogens is 318 g/mol. The second-order valence-corrected chi connectivity index (χ2v) is 7.11. The number of halogens is 1. The molecule has 0 amide bonds. The van der Waals surface area contributed by atoms with E-state index < -0.39 is 10.0 Å². The summed E-state index contributed by atoms with van der Waals surface area (Å²) < 4.78 is 27.6. The number of hydrogen-bond donors (Lipinski definition) is 1. The van der Waals surface area contributed by atoms with Crippen LogP contribution in [0, 0.1) is 6.92 Å². The molecule has 5 heteroatoms. The second kappa shape index (κ2) is 6.99. The molecule has 0 atom stereocenters. The van der Waals surface area contributed by atoms with Crippen LogP contribution in [-0.4, -0.2) is 8.42 Å². The molecule has 0 heterocycles. The first-order valence-electron chi connectivity index (χ1n) is 6.91. The number of allylic oxidation sites excluding steroid dienone is 2. The third kappa shape index (κ3) is 4.12. The lowest BCUT2D eigenvalue weighted by Crippen LogP contribution is -2.14. The van der Waals surface area contributed by atoms with Crippen molar-refractivity contribution in [1.82, 2.24) is 0 Å². The molecule has 0 radical (unpaired) electrons. The Labute approximate surface area is 136 Å². The Hall–Kier alpha value is -1.78. The third-order valence-electron chi connectivity index (χ3n) is 3.22. The molecule has 2 aromatic carbocycles. The molecular formula is C17H18ClNO2S. The zero-order valence-electron chi connectivity index (χ0n) is 12.5. The average Bonchev–Trinajstić information content (AvgIpc) is 2.48. The molecule has 0 unspecified atom stereocenters. The first-order chi connectivity index (χ1) is 10.4. The summed E-state index contributed by atoms with van der Waals surface area (Å²) in [5.74, 6) is 0. The molecule has 0 saturated heterocycles. The largest absolute Gasteiger partial charge is 0.279 e. The SMILES string of the molecule is C/C=C\Cc1cc(Cl)ccc1NS(=O)(=O)c1ccc(C)cc1. The molecule has 0 bridgehead atoms. The van der Waals surface area contributed by atoms with Crippen LogP contribution in [0.1, 0.15) is 18.1 Å². The molecule has 2 aromatic rings. The van der Waals surface area contributed by atoms with Crippen molar-refractivity contribution in [2.75, 3.05) is 4.72 Å². The summed E-state index contributed by atoms with van der Waals surface area (Å²) in [5, 5.41) is 0.581. The minimum absolute atomic E-state index is 0.241. The number of benzene rings is 2. The molecule has 22 heavy (non-hydrogen) atoms. The predicted molar refractivity (Wildman–Crippen MR) is 92.0 cm³/mol. The zero-order valence-corrected chi connectivity index (χ0v) is 14.1. The van der Waals surface area contributed by atoms with E-state index >= 15 is 0 Å². The van der Waals surface area contributed by atoms with Gasteiger partial charge in [0.15, 0.2) is 0 Å². The Balaban J connectivity index is 2.35. The van der Waals surface area contributed by atoms with Crippen LogP contribution in [0.15, 0.2) is 59.5 Å². The molecule has 1 N–H and O–H groups in total. The fourth-order valence-electron chi connectivity index (χ4n) is 2.00. The lowest BCUT2D eigenvalue weighted by Gasteiger charge is -2.12. The van der Waals surface area contributed by atoms with E-state index in [1.165, 1.54) is 0 Å². The summed E-state index contributed by atoms with van der Waals surface area (Å²) in [6.45, 7) is 3.83. The minimum atomic E-state index is -3.61. The summed E-state index contributed by atoms with van der Waals surface area (Å²) in [6.07, 6.45) is 4.48. The highest BCUT2D eigenvalue weighted by atomic mass is 35.5. The van der Waals surface area contributed by atoms with Crippen LogP contribution >= 0.6 is 11.6 Å². The lowest BCUT2D eigenvalue weighted by molar-refractivity contribution is 0.601. The van der Waals surface area contributed by atoms with E-state index in [1.807, 2.05) is 26.0 Å². The van der Waals surface area contributed by atoms with Gasteiger partial charge >= 0.3 is 0 Å². The molecule has 116 valence electrons. The number of anilines is 1. The lowest BCUT2D eigenvalue weighted by atomic mass is 10.1. The van der Waals surface area contributed by atoms with Gasteiger partial charge in [-0.2, -0.15) is 0 Å². The molecule has 0 fully saturated rings. The smallest absolute Gasteiger partial charge is 0.261 e. The number of rotatable bonds is 5. The van der Waals surface area contributed by atoms with Gasteiger partial charge in [-0.1, -0.05) is 41.4 Å². The van der Waals surface area contributed by atoms with Crippen molar-refractivity contribution < 1.29 is 8.42 Å². The summed E-state index contributed by atoms with van der Waals surface area (Å²) in [6, 6.07) is 11.9. The van der Waals surface area contributed by atoms with Crippen molar-refractivity contribution in [2.24, 2.45) is 0 Å². The van der Waals surface area contributed by atoms with Gasteiger partial charge in [0, 0.05) is 5.02 Å². The zero-order chi connectivity index (χ0) is 16.2. The van der Waals surface area contributed by atoms with Gasteiger partial charge in [-0.25, -0.2) is 8.42 Å². The van der Waals surface area contributed by atoms with Crippen molar-refractivity contribution >= 4 is 27.3 Å². The maximum Gasteiger partial charge on any atom is 0.261 e. The Morgan fingerprint density at radius 1 is 1.14 bits per heavy atom. The molecule has 0 saturated carbocycles. The van der Waals surface area contributed by atoms with Crippen molar-refractivity contribution in [3.05, 3.63) is 70.8 Å². The first-order valence-corrected chi connectivity index (χ1v) is 8.77. The van der Waals surface area contributed by atoms with Crippen LogP contribution in [-0.2, 0) is 16.4 Å². The van der Waals surface area contributed by atoms with E-state index in [2.05, 4.69) is 4.72 Å². The monoisotopic (exact) mass is 335 g/mol. The van der Waals surface area contributed by atoms with Gasteiger partial charge in [-0.05, 0) is 56.2 Å². The normalized spacial score (nSPS) is 11.8. The molecule has 0 aliphatic rings. The average molecular weight is 336 g/mol. The first kappa shape index (κ1) is 16.6. The summed E-state index contributed by atoms with van der Waals surface area (Å²) in [5.41, 5.74) is 2.39. The van der Waals surface area contributed by atoms with E-state index in [9.17, 15) is 8.42 Å². The van der Waals surface area contributed by atoms with Crippen LogP contribution in [0.2, 0.25) is 5.02 Å². The van der Waals surface area contributed by atoms with Crippen LogP contribution in [0.4, 0.5) is 5.69 Å². The molecule has 2 rings (SSSR count). The standard InChI is InChI=1S/C17H18ClNO2S/c1-3-4-5-14-12-15(18)8-11-17(14)19-22(20,21)16-9-6-13(2)7-10-16/h3-4,6-12,19H,5H2,1-2H3/b4-3-. The van der Waals surface area contributed by atoms with Crippen molar-refractivity contribution in [3.63, 3.8) is 0 Å². The van der Waals surface area contributed by atoms with Gasteiger partial charge in [-0.3, -0.25) is 4.72 Å². The summed E-state index contributed by atoms with van der Waals surface area (Å²) in [7, 11) is -3.61. The topological polar surface area (TPSA) is 46.2 Å². The van der Waals surface area contributed by atoms with E-state index in [-0.39, 0.29) is 4.90 Å². The van der Waals surface area contributed by atoms with Gasteiger partial charge in [0.2, 0.25) is 0 Å². The van der Waals surface area contributed by atoms with Crippen molar-refractivity contribution in [1.29, 1.82) is 0 Å². The molecule has 0 aliphatic heterocycles. The van der Waals surface area contributed by atoms with Gasteiger partial charge in [0.1, 0.15) is 0 Å². The highest BCUT2D eigenvalue weighted by Crippen LogP contribution is 2.24. The quantitative estimate of drug-likeness (QED) is 0.814. The van der Waals surface area contributed by atoms with Gasteiger partial charge in [0.05, 0.1) is 10.6 Å². The Morgan fingerprint density at radius 3 is 2.45 bits per heavy atom.